The molecule has 0 atom stereocenters. The third-order valence-electron chi connectivity index (χ3n) is 3.23. The Bertz CT molecular complexity index is 790. The number of nitrogens with one attached hydrogen (secondary N) is 1. The number of rotatable bonds is 4. The van der Waals surface area contributed by atoms with Crippen molar-refractivity contribution in [3.05, 3.63) is 63.7 Å². The molecule has 0 spiro atoms. The van der Waals surface area contributed by atoms with Gasteiger partial charge in [0.2, 0.25) is 0 Å². The van der Waals surface area contributed by atoms with Gasteiger partial charge in [-0.25, -0.2) is 4.83 Å². The normalized spacial score (nSPS) is 11.8. The van der Waals surface area contributed by atoms with E-state index in [2.05, 4.69) is 9.93 Å². The largest absolute Gasteiger partial charge is 0.276 e. The van der Waals surface area contributed by atoms with Crippen LogP contribution in [-0.2, 0) is 10.0 Å². The minimum absolute atomic E-state index is 0.117. The molecule has 0 bridgehead atoms. The monoisotopic (exact) mass is 336 g/mol. The second-order valence-corrected chi connectivity index (χ2v) is 7.22. The number of benzene rings is 2. The molecule has 0 radical (unpaired) electrons. The predicted octanol–water partition coefficient (Wildman–Crippen LogP) is 3.58. The van der Waals surface area contributed by atoms with E-state index in [-0.39, 0.29) is 4.90 Å². The molecule has 0 aliphatic rings. The van der Waals surface area contributed by atoms with Crippen molar-refractivity contribution in [3.63, 3.8) is 0 Å². The van der Waals surface area contributed by atoms with Gasteiger partial charge in [-0.3, -0.25) is 0 Å². The topological polar surface area (TPSA) is 58.5 Å². The van der Waals surface area contributed by atoms with E-state index in [0.29, 0.717) is 5.02 Å². The maximum absolute atomic E-state index is 12.1. The molecule has 0 heterocycles. The van der Waals surface area contributed by atoms with Gasteiger partial charge in [-0.15, -0.1) is 0 Å². The average molecular weight is 337 g/mol. The van der Waals surface area contributed by atoms with Crippen molar-refractivity contribution in [1.82, 2.24) is 4.83 Å². The Balaban J connectivity index is 2.20. The smallest absolute Gasteiger partial charge is 0.200 e. The van der Waals surface area contributed by atoms with Crippen LogP contribution < -0.4 is 4.83 Å². The van der Waals surface area contributed by atoms with Crippen molar-refractivity contribution in [1.29, 1.82) is 0 Å². The Labute approximate surface area is 135 Å². The van der Waals surface area contributed by atoms with Crippen LogP contribution in [0.4, 0.5) is 0 Å². The molecule has 2 rings (SSSR count). The van der Waals surface area contributed by atoms with E-state index in [9.17, 15) is 8.42 Å². The number of sulfonamides is 1. The van der Waals surface area contributed by atoms with Crippen LogP contribution >= 0.6 is 11.6 Å². The first-order valence-corrected chi connectivity index (χ1v) is 8.54. The minimum atomic E-state index is -3.69. The van der Waals surface area contributed by atoms with E-state index in [0.717, 1.165) is 22.3 Å². The summed E-state index contributed by atoms with van der Waals surface area (Å²) in [7, 11) is -3.69. The van der Waals surface area contributed by atoms with Gasteiger partial charge in [-0.1, -0.05) is 29.3 Å². The molecular weight excluding hydrogens is 320 g/mol. The predicted molar refractivity (Wildman–Crippen MR) is 90.0 cm³/mol. The van der Waals surface area contributed by atoms with Gasteiger partial charge < -0.3 is 0 Å². The van der Waals surface area contributed by atoms with Crippen LogP contribution in [0.3, 0.4) is 0 Å². The molecule has 0 amide bonds. The number of hydrogen-bond acceptors (Lipinski definition) is 3. The molecule has 1 N–H and O–H groups in total. The summed E-state index contributed by atoms with van der Waals surface area (Å²) in [6.07, 6.45) is 1.53. The van der Waals surface area contributed by atoms with Crippen LogP contribution in [-0.4, -0.2) is 14.6 Å². The van der Waals surface area contributed by atoms with Crippen LogP contribution in [0, 0.1) is 20.8 Å². The van der Waals surface area contributed by atoms with E-state index >= 15 is 0 Å². The van der Waals surface area contributed by atoms with Crippen molar-refractivity contribution < 1.29 is 8.42 Å². The fourth-order valence-corrected chi connectivity index (χ4v) is 3.14. The maximum atomic E-state index is 12.1. The summed E-state index contributed by atoms with van der Waals surface area (Å²) < 4.78 is 24.2. The van der Waals surface area contributed by atoms with E-state index in [1.807, 2.05) is 32.9 Å². The Hall–Kier alpha value is -1.85. The summed E-state index contributed by atoms with van der Waals surface area (Å²) in [6.45, 7) is 5.95. The lowest BCUT2D eigenvalue weighted by Gasteiger charge is -2.07. The molecule has 0 aromatic heterocycles. The Morgan fingerprint density at radius 1 is 1.05 bits per heavy atom. The fraction of sp³-hybridized carbons (Fsp3) is 0.188. The number of nitrogens with zero attached hydrogens (tertiary/aromatic N) is 1. The zero-order valence-corrected chi connectivity index (χ0v) is 14.2. The van der Waals surface area contributed by atoms with Crippen molar-refractivity contribution >= 4 is 27.8 Å². The SMILES string of the molecule is Cc1cc(C)c(/C=N/NS(=O)(=O)c2ccc(Cl)cc2)c(C)c1. The summed E-state index contributed by atoms with van der Waals surface area (Å²) in [6, 6.07) is 9.97. The molecule has 0 saturated heterocycles. The van der Waals surface area contributed by atoms with Crippen LogP contribution in [0.15, 0.2) is 46.4 Å². The van der Waals surface area contributed by atoms with Crippen molar-refractivity contribution in [3.8, 4) is 0 Å². The summed E-state index contributed by atoms with van der Waals surface area (Å²) in [5.74, 6) is 0. The average Bonchev–Trinajstić information content (AvgIpc) is 2.42. The molecule has 22 heavy (non-hydrogen) atoms. The number of hydrazone groups is 1. The lowest BCUT2D eigenvalue weighted by molar-refractivity contribution is 0.584. The van der Waals surface area contributed by atoms with Gasteiger partial charge in [-0.05, 0) is 56.2 Å². The molecule has 2 aromatic carbocycles. The van der Waals surface area contributed by atoms with E-state index in [4.69, 9.17) is 11.6 Å². The highest BCUT2D eigenvalue weighted by Crippen LogP contribution is 2.15. The molecule has 6 heteroatoms. The third-order valence-corrected chi connectivity index (χ3v) is 4.72. The highest BCUT2D eigenvalue weighted by molar-refractivity contribution is 7.89. The first-order valence-electron chi connectivity index (χ1n) is 6.68. The molecule has 0 saturated carbocycles. The Kier molecular flexibility index (Phi) is 4.88. The van der Waals surface area contributed by atoms with Crippen LogP contribution in [0.1, 0.15) is 22.3 Å². The number of halogens is 1. The zero-order chi connectivity index (χ0) is 16.3. The molecular formula is C16H17ClN2O2S. The molecule has 0 aliphatic heterocycles. The summed E-state index contributed by atoms with van der Waals surface area (Å²) in [5.41, 5.74) is 4.16. The number of hydrogen-bond donors (Lipinski definition) is 1. The standard InChI is InChI=1S/C16H17ClN2O2S/c1-11-8-12(2)16(13(3)9-11)10-18-19-22(20,21)15-6-4-14(17)5-7-15/h4-10,19H,1-3H3/b18-10+. The van der Waals surface area contributed by atoms with Gasteiger partial charge in [-0.2, -0.15) is 13.5 Å². The maximum Gasteiger partial charge on any atom is 0.276 e. The Morgan fingerprint density at radius 3 is 2.14 bits per heavy atom. The van der Waals surface area contributed by atoms with Gasteiger partial charge in [0.05, 0.1) is 11.1 Å². The van der Waals surface area contributed by atoms with Crippen LogP contribution in [0.2, 0.25) is 5.02 Å². The summed E-state index contributed by atoms with van der Waals surface area (Å²) in [5, 5.41) is 4.35. The highest BCUT2D eigenvalue weighted by atomic mass is 35.5. The highest BCUT2D eigenvalue weighted by Gasteiger charge is 2.12. The van der Waals surface area contributed by atoms with Gasteiger partial charge in [0, 0.05) is 10.6 Å². The lowest BCUT2D eigenvalue weighted by atomic mass is 10.0. The lowest BCUT2D eigenvalue weighted by Crippen LogP contribution is -2.18. The fourth-order valence-electron chi connectivity index (χ4n) is 2.22. The summed E-state index contributed by atoms with van der Waals surface area (Å²) >= 11 is 5.75. The van der Waals surface area contributed by atoms with Gasteiger partial charge in [0.15, 0.2) is 0 Å². The van der Waals surface area contributed by atoms with E-state index in [1.54, 1.807) is 0 Å². The second kappa shape index (κ2) is 6.50. The molecule has 116 valence electrons. The van der Waals surface area contributed by atoms with Crippen LogP contribution in [0.25, 0.3) is 0 Å². The van der Waals surface area contributed by atoms with Gasteiger partial charge in [0.1, 0.15) is 0 Å². The first-order chi connectivity index (χ1) is 10.3. The summed E-state index contributed by atoms with van der Waals surface area (Å²) in [4.78, 5) is 2.33. The molecule has 0 fully saturated rings. The van der Waals surface area contributed by atoms with Gasteiger partial charge in [0.25, 0.3) is 10.0 Å². The van der Waals surface area contributed by atoms with E-state index in [1.165, 1.54) is 30.5 Å². The quantitative estimate of drug-likeness (QED) is 0.685. The van der Waals surface area contributed by atoms with Crippen molar-refractivity contribution in [2.24, 2.45) is 5.10 Å². The van der Waals surface area contributed by atoms with Crippen LogP contribution in [0.5, 0.6) is 0 Å². The molecule has 4 nitrogen and oxygen atoms in total. The molecule has 0 unspecified atom stereocenters. The second-order valence-electron chi connectivity index (χ2n) is 5.12. The van der Waals surface area contributed by atoms with Gasteiger partial charge >= 0.3 is 0 Å². The van der Waals surface area contributed by atoms with E-state index < -0.39 is 10.0 Å². The number of aryl methyl sites for hydroxylation is 3. The third kappa shape index (κ3) is 3.87. The zero-order valence-electron chi connectivity index (χ0n) is 12.6. The molecule has 0 aliphatic carbocycles. The Morgan fingerprint density at radius 2 is 1.59 bits per heavy atom. The van der Waals surface area contributed by atoms with Crippen molar-refractivity contribution in [2.75, 3.05) is 0 Å². The van der Waals surface area contributed by atoms with Crippen molar-refractivity contribution in [2.45, 2.75) is 25.7 Å². The first kappa shape index (κ1) is 16.5. The molecule has 2 aromatic rings. The minimum Gasteiger partial charge on any atom is -0.200 e.